The maximum Gasteiger partial charge on any atom is 0.317 e. The molecule has 1 aromatic rings. The van der Waals surface area contributed by atoms with Gasteiger partial charge < -0.3 is 10.4 Å². The van der Waals surface area contributed by atoms with Crippen LogP contribution in [-0.2, 0) is 11.3 Å². The Morgan fingerprint density at radius 1 is 1.50 bits per heavy atom. The van der Waals surface area contributed by atoms with Crippen LogP contribution in [0.5, 0.6) is 0 Å². The van der Waals surface area contributed by atoms with Crippen LogP contribution in [0.2, 0.25) is 0 Å². The Kier molecular flexibility index (Phi) is 3.88. The smallest absolute Gasteiger partial charge is 0.317 e. The van der Waals surface area contributed by atoms with Gasteiger partial charge in [-0.25, -0.2) is 0 Å². The predicted octanol–water partition coefficient (Wildman–Crippen LogP) is 1.50. The minimum atomic E-state index is -0.846. The molecule has 0 unspecified atom stereocenters. The summed E-state index contributed by atoms with van der Waals surface area (Å²) in [6, 6.07) is 7.75. The average molecular weight is 191 g/mol. The average Bonchev–Trinajstić information content (AvgIpc) is 2.18. The van der Waals surface area contributed by atoms with E-state index in [1.807, 2.05) is 24.3 Å². The van der Waals surface area contributed by atoms with Gasteiger partial charge >= 0.3 is 5.97 Å². The Balaban J connectivity index is 2.57. The summed E-state index contributed by atoms with van der Waals surface area (Å²) in [5.41, 5.74) is 2.09. The van der Waals surface area contributed by atoms with Gasteiger partial charge in [0.05, 0.1) is 6.54 Å². The van der Waals surface area contributed by atoms with Crippen molar-refractivity contribution in [3.8, 4) is 0 Å². The second-order valence-electron chi connectivity index (χ2n) is 2.90. The molecule has 74 valence electrons. The van der Waals surface area contributed by atoms with E-state index in [2.05, 4.69) is 11.9 Å². The van der Waals surface area contributed by atoms with Crippen LogP contribution < -0.4 is 5.32 Å². The van der Waals surface area contributed by atoms with E-state index < -0.39 is 5.97 Å². The molecule has 0 fully saturated rings. The van der Waals surface area contributed by atoms with Gasteiger partial charge in [-0.2, -0.15) is 0 Å². The van der Waals surface area contributed by atoms with Gasteiger partial charge in [0, 0.05) is 6.54 Å². The largest absolute Gasteiger partial charge is 0.480 e. The zero-order valence-corrected chi connectivity index (χ0v) is 7.86. The molecule has 0 saturated heterocycles. The Hall–Kier alpha value is -1.61. The molecule has 0 amide bonds. The number of aliphatic carboxylic acids is 1. The molecule has 0 saturated carbocycles. The molecule has 3 nitrogen and oxygen atoms in total. The Morgan fingerprint density at radius 2 is 2.21 bits per heavy atom. The van der Waals surface area contributed by atoms with Crippen molar-refractivity contribution < 1.29 is 9.90 Å². The predicted molar refractivity (Wildman–Crippen MR) is 55.9 cm³/mol. The van der Waals surface area contributed by atoms with Crippen LogP contribution in [0.15, 0.2) is 30.8 Å². The van der Waals surface area contributed by atoms with Crippen molar-refractivity contribution in [3.05, 3.63) is 42.0 Å². The Bertz CT molecular complexity index is 334. The van der Waals surface area contributed by atoms with Gasteiger partial charge in [-0.3, -0.25) is 4.79 Å². The van der Waals surface area contributed by atoms with Crippen LogP contribution in [0.3, 0.4) is 0 Å². The van der Waals surface area contributed by atoms with Crippen molar-refractivity contribution in [2.75, 3.05) is 6.54 Å². The maximum absolute atomic E-state index is 10.3. The standard InChI is InChI=1S/C11H13NO2/c1-2-9-5-3-4-6-10(9)7-12-8-11(13)14/h2-6,12H,1,7-8H2,(H,13,14). The number of carboxylic acids is 1. The SMILES string of the molecule is C=Cc1ccccc1CNCC(=O)O. The first-order chi connectivity index (χ1) is 6.74. The molecule has 0 spiro atoms. The van der Waals surface area contributed by atoms with Gasteiger partial charge in [0.25, 0.3) is 0 Å². The molecule has 1 aromatic carbocycles. The van der Waals surface area contributed by atoms with Gasteiger partial charge in [-0.05, 0) is 11.1 Å². The summed E-state index contributed by atoms with van der Waals surface area (Å²) < 4.78 is 0. The van der Waals surface area contributed by atoms with E-state index in [0.717, 1.165) is 11.1 Å². The summed E-state index contributed by atoms with van der Waals surface area (Å²) in [5, 5.41) is 11.3. The summed E-state index contributed by atoms with van der Waals surface area (Å²) in [6.07, 6.45) is 1.76. The van der Waals surface area contributed by atoms with Crippen molar-refractivity contribution in [2.24, 2.45) is 0 Å². The van der Waals surface area contributed by atoms with Crippen LogP contribution in [0.4, 0.5) is 0 Å². The van der Waals surface area contributed by atoms with Crippen molar-refractivity contribution >= 4 is 12.0 Å². The van der Waals surface area contributed by atoms with Crippen molar-refractivity contribution in [1.82, 2.24) is 5.32 Å². The minimum Gasteiger partial charge on any atom is -0.480 e. The highest BCUT2D eigenvalue weighted by molar-refractivity contribution is 5.69. The molecule has 0 heterocycles. The van der Waals surface area contributed by atoms with Gasteiger partial charge in [0.15, 0.2) is 0 Å². The molecule has 0 aliphatic carbocycles. The van der Waals surface area contributed by atoms with E-state index in [1.165, 1.54) is 0 Å². The highest BCUT2D eigenvalue weighted by Gasteiger charge is 1.99. The van der Waals surface area contributed by atoms with Crippen molar-refractivity contribution in [1.29, 1.82) is 0 Å². The summed E-state index contributed by atoms with van der Waals surface area (Å²) in [6.45, 7) is 4.22. The summed E-state index contributed by atoms with van der Waals surface area (Å²) in [4.78, 5) is 10.3. The molecule has 0 aromatic heterocycles. The van der Waals surface area contributed by atoms with Crippen LogP contribution >= 0.6 is 0 Å². The lowest BCUT2D eigenvalue weighted by Crippen LogP contribution is -2.22. The molecule has 14 heavy (non-hydrogen) atoms. The first-order valence-electron chi connectivity index (χ1n) is 4.37. The van der Waals surface area contributed by atoms with Crippen LogP contribution in [0, 0.1) is 0 Å². The number of benzene rings is 1. The lowest BCUT2D eigenvalue weighted by atomic mass is 10.1. The number of carboxylic acid groups (broad SMARTS) is 1. The topological polar surface area (TPSA) is 49.3 Å². The van der Waals surface area contributed by atoms with Gasteiger partial charge in [0.1, 0.15) is 0 Å². The first kappa shape index (κ1) is 10.5. The third-order valence-electron chi connectivity index (χ3n) is 1.87. The number of hydrogen-bond acceptors (Lipinski definition) is 2. The van der Waals surface area contributed by atoms with Gasteiger partial charge in [-0.1, -0.05) is 36.9 Å². The van der Waals surface area contributed by atoms with Crippen molar-refractivity contribution in [3.63, 3.8) is 0 Å². The number of carbonyl (C=O) groups is 1. The Morgan fingerprint density at radius 3 is 2.86 bits per heavy atom. The number of hydrogen-bond donors (Lipinski definition) is 2. The van der Waals surface area contributed by atoms with E-state index in [-0.39, 0.29) is 6.54 Å². The van der Waals surface area contributed by atoms with Gasteiger partial charge in [-0.15, -0.1) is 0 Å². The molecule has 2 N–H and O–H groups in total. The van der Waals surface area contributed by atoms with E-state index in [9.17, 15) is 4.79 Å². The second kappa shape index (κ2) is 5.19. The zero-order valence-electron chi connectivity index (χ0n) is 7.86. The lowest BCUT2D eigenvalue weighted by Gasteiger charge is -2.05. The van der Waals surface area contributed by atoms with E-state index in [1.54, 1.807) is 6.08 Å². The Labute approximate surface area is 83.1 Å². The van der Waals surface area contributed by atoms with Crippen LogP contribution in [-0.4, -0.2) is 17.6 Å². The number of rotatable bonds is 5. The zero-order chi connectivity index (χ0) is 10.4. The molecule has 0 atom stereocenters. The fourth-order valence-corrected chi connectivity index (χ4v) is 1.20. The van der Waals surface area contributed by atoms with Crippen LogP contribution in [0.1, 0.15) is 11.1 Å². The summed E-state index contributed by atoms with van der Waals surface area (Å²) in [5.74, 6) is -0.846. The van der Waals surface area contributed by atoms with Gasteiger partial charge in [0.2, 0.25) is 0 Å². The molecule has 0 bridgehead atoms. The van der Waals surface area contributed by atoms with E-state index >= 15 is 0 Å². The first-order valence-corrected chi connectivity index (χ1v) is 4.37. The molecular formula is C11H13NO2. The minimum absolute atomic E-state index is 0.0223. The van der Waals surface area contributed by atoms with E-state index in [0.29, 0.717) is 6.54 Å². The van der Waals surface area contributed by atoms with Crippen LogP contribution in [0.25, 0.3) is 6.08 Å². The third kappa shape index (κ3) is 3.03. The molecule has 0 aliphatic rings. The molecule has 0 aliphatic heterocycles. The third-order valence-corrected chi connectivity index (χ3v) is 1.87. The molecule has 3 heteroatoms. The number of nitrogens with one attached hydrogen (secondary N) is 1. The maximum atomic E-state index is 10.3. The van der Waals surface area contributed by atoms with E-state index in [4.69, 9.17) is 5.11 Å². The quantitative estimate of drug-likeness (QED) is 0.741. The highest BCUT2D eigenvalue weighted by Crippen LogP contribution is 2.09. The normalized spacial score (nSPS) is 9.71. The lowest BCUT2D eigenvalue weighted by molar-refractivity contribution is -0.135. The fraction of sp³-hybridized carbons (Fsp3) is 0.182. The molecule has 1 rings (SSSR count). The summed E-state index contributed by atoms with van der Waals surface area (Å²) >= 11 is 0. The highest BCUT2D eigenvalue weighted by atomic mass is 16.4. The summed E-state index contributed by atoms with van der Waals surface area (Å²) in [7, 11) is 0. The fourth-order valence-electron chi connectivity index (χ4n) is 1.20. The molecular weight excluding hydrogens is 178 g/mol. The molecule has 0 radical (unpaired) electrons. The monoisotopic (exact) mass is 191 g/mol. The van der Waals surface area contributed by atoms with Crippen molar-refractivity contribution in [2.45, 2.75) is 6.54 Å². The second-order valence-corrected chi connectivity index (χ2v) is 2.90.